The van der Waals surface area contributed by atoms with Crippen molar-refractivity contribution in [2.75, 3.05) is 19.1 Å². The van der Waals surface area contributed by atoms with Gasteiger partial charge in [-0.25, -0.2) is 9.69 Å². The number of nitrogens with zero attached hydrogens (tertiary/aromatic N) is 1. The van der Waals surface area contributed by atoms with Crippen LogP contribution in [0.3, 0.4) is 0 Å². The van der Waals surface area contributed by atoms with Gasteiger partial charge in [0.2, 0.25) is 0 Å². The Morgan fingerprint density at radius 1 is 1.10 bits per heavy atom. The first-order valence-electron chi connectivity index (χ1n) is 9.38. The second-order valence-electron chi connectivity index (χ2n) is 6.45. The molecule has 1 fully saturated rings. The molecule has 9 heteroatoms. The number of carbonyl (C=O) groups is 3. The second-order valence-corrected chi connectivity index (χ2v) is 7.45. The lowest BCUT2D eigenvalue weighted by atomic mass is 10.1. The SMILES string of the molecule is CCC(Oc1ccc(/C=C2/SC(=O)N(c3ccccc3OC)C2=O)cc1OC)C(=O)O. The second kappa shape index (κ2) is 9.57. The van der Waals surface area contributed by atoms with E-state index in [1.807, 2.05) is 0 Å². The molecule has 0 bridgehead atoms. The monoisotopic (exact) mass is 443 g/mol. The van der Waals surface area contributed by atoms with Gasteiger partial charge in [0, 0.05) is 0 Å². The molecule has 1 saturated heterocycles. The third kappa shape index (κ3) is 4.66. The highest BCUT2D eigenvalue weighted by Gasteiger charge is 2.37. The maximum atomic E-state index is 12.9. The molecule has 1 atom stereocenters. The molecule has 2 aromatic carbocycles. The summed E-state index contributed by atoms with van der Waals surface area (Å²) < 4.78 is 16.1. The number of imide groups is 1. The maximum Gasteiger partial charge on any atom is 0.344 e. The molecule has 1 N–H and O–H groups in total. The molecule has 0 saturated carbocycles. The number of methoxy groups -OCH3 is 2. The van der Waals surface area contributed by atoms with E-state index >= 15 is 0 Å². The number of carboxylic acid groups (broad SMARTS) is 1. The zero-order valence-electron chi connectivity index (χ0n) is 17.2. The summed E-state index contributed by atoms with van der Waals surface area (Å²) in [7, 11) is 2.90. The zero-order chi connectivity index (χ0) is 22.5. The molecule has 1 aliphatic rings. The van der Waals surface area contributed by atoms with Gasteiger partial charge in [-0.05, 0) is 54.1 Å². The summed E-state index contributed by atoms with van der Waals surface area (Å²) in [5.41, 5.74) is 0.967. The lowest BCUT2D eigenvalue weighted by molar-refractivity contribution is -0.145. The number of hydrogen-bond donors (Lipinski definition) is 1. The Morgan fingerprint density at radius 3 is 2.45 bits per heavy atom. The van der Waals surface area contributed by atoms with Crippen LogP contribution in [0.25, 0.3) is 6.08 Å². The number of amides is 2. The van der Waals surface area contributed by atoms with Crippen LogP contribution in [0.4, 0.5) is 10.5 Å². The number of carbonyl (C=O) groups excluding carboxylic acids is 2. The molecule has 1 unspecified atom stereocenters. The summed E-state index contributed by atoms with van der Waals surface area (Å²) in [5.74, 6) is -0.527. The minimum atomic E-state index is -1.07. The number of ether oxygens (including phenoxy) is 3. The molecular weight excluding hydrogens is 422 g/mol. The summed E-state index contributed by atoms with van der Waals surface area (Å²) in [5, 5.41) is 8.76. The Bertz CT molecular complexity index is 1050. The number of hydrogen-bond acceptors (Lipinski definition) is 7. The third-order valence-corrected chi connectivity index (χ3v) is 5.39. The lowest BCUT2D eigenvalue weighted by Gasteiger charge is -2.16. The number of aliphatic carboxylic acids is 1. The van der Waals surface area contributed by atoms with E-state index in [0.717, 1.165) is 16.7 Å². The highest BCUT2D eigenvalue weighted by atomic mass is 32.2. The Hall–Kier alpha value is -3.46. The summed E-state index contributed by atoms with van der Waals surface area (Å²) in [6, 6.07) is 11.6. The van der Waals surface area contributed by atoms with Crippen molar-refractivity contribution in [2.24, 2.45) is 0 Å². The molecule has 162 valence electrons. The molecular formula is C22H21NO7S. The molecule has 0 aromatic heterocycles. The summed E-state index contributed by atoms with van der Waals surface area (Å²) >= 11 is 0.820. The van der Waals surface area contributed by atoms with Crippen molar-refractivity contribution in [3.63, 3.8) is 0 Å². The number of para-hydroxylation sites is 2. The first-order valence-corrected chi connectivity index (χ1v) is 10.2. The first kappa shape index (κ1) is 22.2. The molecule has 8 nitrogen and oxygen atoms in total. The van der Waals surface area contributed by atoms with E-state index in [1.165, 1.54) is 14.2 Å². The average Bonchev–Trinajstić information content (AvgIpc) is 3.04. The molecule has 0 spiro atoms. The number of carboxylic acids is 1. The van der Waals surface area contributed by atoms with Crippen LogP contribution in [0, 0.1) is 0 Å². The van der Waals surface area contributed by atoms with Gasteiger partial charge in [-0.3, -0.25) is 9.59 Å². The highest BCUT2D eigenvalue weighted by Crippen LogP contribution is 2.40. The van der Waals surface area contributed by atoms with Crippen LogP contribution in [-0.2, 0) is 9.59 Å². The van der Waals surface area contributed by atoms with Gasteiger partial charge >= 0.3 is 5.97 Å². The lowest BCUT2D eigenvalue weighted by Crippen LogP contribution is -2.28. The molecule has 2 amide bonds. The molecule has 1 aliphatic heterocycles. The fourth-order valence-corrected chi connectivity index (χ4v) is 3.81. The Morgan fingerprint density at radius 2 is 1.81 bits per heavy atom. The topological polar surface area (TPSA) is 102 Å². The Labute approximate surface area is 183 Å². The van der Waals surface area contributed by atoms with Crippen molar-refractivity contribution in [3.8, 4) is 17.2 Å². The van der Waals surface area contributed by atoms with E-state index in [9.17, 15) is 19.5 Å². The maximum absolute atomic E-state index is 12.9. The molecule has 31 heavy (non-hydrogen) atoms. The fourth-order valence-electron chi connectivity index (χ4n) is 2.97. The van der Waals surface area contributed by atoms with Crippen LogP contribution in [0.2, 0.25) is 0 Å². The zero-order valence-corrected chi connectivity index (χ0v) is 18.0. The number of anilines is 1. The first-order chi connectivity index (χ1) is 14.9. The summed E-state index contributed by atoms with van der Waals surface area (Å²) in [6.45, 7) is 1.71. The van der Waals surface area contributed by atoms with Crippen LogP contribution < -0.4 is 19.1 Å². The van der Waals surface area contributed by atoms with E-state index < -0.39 is 23.2 Å². The third-order valence-electron chi connectivity index (χ3n) is 4.52. The van der Waals surface area contributed by atoms with Crippen LogP contribution in [0.1, 0.15) is 18.9 Å². The Kier molecular flexibility index (Phi) is 6.86. The van der Waals surface area contributed by atoms with Crippen molar-refractivity contribution in [3.05, 3.63) is 52.9 Å². The molecule has 0 aliphatic carbocycles. The van der Waals surface area contributed by atoms with Gasteiger partial charge < -0.3 is 19.3 Å². The van der Waals surface area contributed by atoms with Crippen LogP contribution in [0.15, 0.2) is 47.4 Å². The van der Waals surface area contributed by atoms with Crippen molar-refractivity contribution in [1.29, 1.82) is 0 Å². The summed E-state index contributed by atoms with van der Waals surface area (Å²) in [6.07, 6.45) is 0.856. The largest absolute Gasteiger partial charge is 0.495 e. The summed E-state index contributed by atoms with van der Waals surface area (Å²) in [4.78, 5) is 38.0. The van der Waals surface area contributed by atoms with Gasteiger partial charge in [0.25, 0.3) is 11.1 Å². The van der Waals surface area contributed by atoms with Crippen molar-refractivity contribution in [1.82, 2.24) is 0 Å². The highest BCUT2D eigenvalue weighted by molar-refractivity contribution is 8.19. The van der Waals surface area contributed by atoms with Gasteiger partial charge in [-0.2, -0.15) is 0 Å². The van der Waals surface area contributed by atoms with Gasteiger partial charge in [-0.15, -0.1) is 0 Å². The smallest absolute Gasteiger partial charge is 0.344 e. The van der Waals surface area contributed by atoms with E-state index in [2.05, 4.69) is 0 Å². The van der Waals surface area contributed by atoms with Crippen molar-refractivity contribution < 1.29 is 33.7 Å². The number of rotatable bonds is 8. The molecule has 1 heterocycles. The van der Waals surface area contributed by atoms with Crippen LogP contribution in [0.5, 0.6) is 17.2 Å². The number of benzene rings is 2. The normalized spacial score (nSPS) is 15.8. The van der Waals surface area contributed by atoms with E-state index in [1.54, 1.807) is 55.5 Å². The quantitative estimate of drug-likeness (QED) is 0.606. The predicted octanol–water partition coefficient (Wildman–Crippen LogP) is 4.19. The van der Waals surface area contributed by atoms with Gasteiger partial charge in [0.15, 0.2) is 17.6 Å². The molecule has 0 radical (unpaired) electrons. The fraction of sp³-hybridized carbons (Fsp3) is 0.227. The molecule has 2 aromatic rings. The van der Waals surface area contributed by atoms with Crippen molar-refractivity contribution in [2.45, 2.75) is 19.4 Å². The Balaban J connectivity index is 1.89. The van der Waals surface area contributed by atoms with E-state index in [4.69, 9.17) is 14.2 Å². The molecule has 3 rings (SSSR count). The number of thioether (sulfide) groups is 1. The van der Waals surface area contributed by atoms with Crippen LogP contribution >= 0.6 is 11.8 Å². The van der Waals surface area contributed by atoms with Crippen molar-refractivity contribution >= 4 is 40.6 Å². The van der Waals surface area contributed by atoms with Gasteiger partial charge in [-0.1, -0.05) is 25.1 Å². The van der Waals surface area contributed by atoms with E-state index in [0.29, 0.717) is 22.7 Å². The van der Waals surface area contributed by atoms with Gasteiger partial charge in [0.05, 0.1) is 24.8 Å². The standard InChI is InChI=1S/C22H21NO7S/c1-4-15(21(25)26)30-17-10-9-13(11-18(17)29-3)12-19-20(24)23(22(27)31-19)14-7-5-6-8-16(14)28-2/h5-12,15H,4H2,1-3H3,(H,25,26)/b19-12+. The minimum Gasteiger partial charge on any atom is -0.495 e. The average molecular weight is 443 g/mol. The van der Waals surface area contributed by atoms with Gasteiger partial charge in [0.1, 0.15) is 5.75 Å². The predicted molar refractivity (Wildman–Crippen MR) is 117 cm³/mol. The van der Waals surface area contributed by atoms with E-state index in [-0.39, 0.29) is 17.1 Å². The van der Waals surface area contributed by atoms with Crippen LogP contribution in [-0.4, -0.2) is 42.5 Å². The minimum absolute atomic E-state index is 0.239.